The molecule has 1 unspecified atom stereocenters. The molecule has 2 heterocycles. The molecule has 9 heteroatoms. The third-order valence-corrected chi connectivity index (χ3v) is 6.72. The number of hydrogen-bond acceptors (Lipinski definition) is 6. The van der Waals surface area contributed by atoms with E-state index in [9.17, 15) is 18.0 Å². The number of nitrogens with zero attached hydrogens (tertiary/aromatic N) is 2. The number of amides is 2. The second-order valence-electron chi connectivity index (χ2n) is 6.02. The van der Waals surface area contributed by atoms with Gasteiger partial charge in [-0.1, -0.05) is 0 Å². The number of nitrogens with one attached hydrogen (secondary N) is 1. The van der Waals surface area contributed by atoms with Crippen LogP contribution >= 0.6 is 11.8 Å². The van der Waals surface area contributed by atoms with Crippen LogP contribution in [0.1, 0.15) is 19.3 Å². The van der Waals surface area contributed by atoms with Crippen LogP contribution in [-0.4, -0.2) is 54.8 Å². The number of benzene rings is 1. The molecule has 0 spiro atoms. The Morgan fingerprint density at radius 3 is 2.60 bits per heavy atom. The minimum absolute atomic E-state index is 0.0558. The van der Waals surface area contributed by atoms with Crippen LogP contribution in [-0.2, 0) is 19.4 Å². The Labute approximate surface area is 150 Å². The maximum Gasteiger partial charge on any atom is 0.271 e. The number of carbonyl (C=O) groups excluding carboxylic acids is 2. The van der Waals surface area contributed by atoms with Crippen molar-refractivity contribution in [2.75, 3.05) is 23.1 Å². The molecule has 2 aliphatic rings. The van der Waals surface area contributed by atoms with Crippen LogP contribution in [0.5, 0.6) is 0 Å². The number of sulfone groups is 1. The van der Waals surface area contributed by atoms with Gasteiger partial charge in [0.1, 0.15) is 5.71 Å². The highest BCUT2D eigenvalue weighted by atomic mass is 32.2. The Bertz CT molecular complexity index is 818. The van der Waals surface area contributed by atoms with E-state index in [4.69, 9.17) is 0 Å². The van der Waals surface area contributed by atoms with E-state index < -0.39 is 15.9 Å². The SMILES string of the molecule is CSc1ccc(NC(=O)C2=NN(C3CCS(=O)(=O)C3)C(=O)CC2)cc1. The van der Waals surface area contributed by atoms with Gasteiger partial charge in [0.2, 0.25) is 5.91 Å². The topological polar surface area (TPSA) is 95.9 Å². The lowest BCUT2D eigenvalue weighted by Crippen LogP contribution is -2.42. The summed E-state index contributed by atoms with van der Waals surface area (Å²) in [6.45, 7) is 0. The second-order valence-corrected chi connectivity index (χ2v) is 9.13. The molecule has 3 rings (SSSR count). The molecule has 1 N–H and O–H groups in total. The molecule has 7 nitrogen and oxygen atoms in total. The van der Waals surface area contributed by atoms with E-state index in [1.165, 1.54) is 5.01 Å². The van der Waals surface area contributed by atoms with Crippen molar-refractivity contribution in [3.63, 3.8) is 0 Å². The van der Waals surface area contributed by atoms with Crippen molar-refractivity contribution in [3.05, 3.63) is 24.3 Å². The monoisotopic (exact) mass is 381 g/mol. The van der Waals surface area contributed by atoms with E-state index in [2.05, 4.69) is 10.4 Å². The van der Waals surface area contributed by atoms with Crippen molar-refractivity contribution in [1.29, 1.82) is 0 Å². The molecule has 2 amide bonds. The summed E-state index contributed by atoms with van der Waals surface area (Å²) < 4.78 is 23.3. The van der Waals surface area contributed by atoms with Crippen LogP contribution in [0.4, 0.5) is 5.69 Å². The first kappa shape index (κ1) is 17.9. The third kappa shape index (κ3) is 4.21. The van der Waals surface area contributed by atoms with Crippen molar-refractivity contribution in [3.8, 4) is 0 Å². The zero-order valence-electron chi connectivity index (χ0n) is 13.8. The predicted molar refractivity (Wildman–Crippen MR) is 97.4 cm³/mol. The van der Waals surface area contributed by atoms with Crippen LogP contribution in [0.15, 0.2) is 34.3 Å². The van der Waals surface area contributed by atoms with Crippen LogP contribution in [0, 0.1) is 0 Å². The van der Waals surface area contributed by atoms with Gasteiger partial charge in [0.25, 0.3) is 5.91 Å². The minimum atomic E-state index is -3.13. The first-order chi connectivity index (χ1) is 11.9. The normalized spacial score (nSPS) is 22.6. The summed E-state index contributed by atoms with van der Waals surface area (Å²) in [6, 6.07) is 6.95. The number of hydrogen-bond donors (Lipinski definition) is 1. The molecule has 1 aromatic rings. The van der Waals surface area contributed by atoms with Gasteiger partial charge in [-0.25, -0.2) is 13.4 Å². The van der Waals surface area contributed by atoms with E-state index in [0.717, 1.165) is 4.90 Å². The molecule has 0 aliphatic carbocycles. The maximum absolute atomic E-state index is 12.4. The van der Waals surface area contributed by atoms with Gasteiger partial charge in [0, 0.05) is 23.4 Å². The van der Waals surface area contributed by atoms with Gasteiger partial charge in [-0.2, -0.15) is 5.10 Å². The first-order valence-corrected chi connectivity index (χ1v) is 11.0. The summed E-state index contributed by atoms with van der Waals surface area (Å²) in [5.74, 6) is -0.633. The zero-order valence-corrected chi connectivity index (χ0v) is 15.4. The average Bonchev–Trinajstić information content (AvgIpc) is 2.95. The van der Waals surface area contributed by atoms with Gasteiger partial charge in [0.05, 0.1) is 17.5 Å². The minimum Gasteiger partial charge on any atom is -0.321 e. The lowest BCUT2D eigenvalue weighted by atomic mass is 10.1. The highest BCUT2D eigenvalue weighted by Crippen LogP contribution is 2.23. The fraction of sp³-hybridized carbons (Fsp3) is 0.438. The van der Waals surface area contributed by atoms with E-state index in [1.807, 2.05) is 18.4 Å². The predicted octanol–water partition coefficient (Wildman–Crippen LogP) is 1.51. The van der Waals surface area contributed by atoms with Crippen molar-refractivity contribution in [1.82, 2.24) is 5.01 Å². The fourth-order valence-electron chi connectivity index (χ4n) is 2.87. The summed E-state index contributed by atoms with van der Waals surface area (Å²) in [5, 5.41) is 8.12. The molecular formula is C16H19N3O4S2. The Balaban J connectivity index is 1.72. The lowest BCUT2D eigenvalue weighted by Gasteiger charge is -2.27. The first-order valence-electron chi connectivity index (χ1n) is 7.93. The smallest absolute Gasteiger partial charge is 0.271 e. The molecule has 134 valence electrons. The molecule has 0 radical (unpaired) electrons. The van der Waals surface area contributed by atoms with Crippen LogP contribution in [0.2, 0.25) is 0 Å². The Morgan fingerprint density at radius 1 is 1.28 bits per heavy atom. The number of thioether (sulfide) groups is 1. The van der Waals surface area contributed by atoms with E-state index >= 15 is 0 Å². The fourth-order valence-corrected chi connectivity index (χ4v) is 4.97. The summed E-state index contributed by atoms with van der Waals surface area (Å²) in [4.78, 5) is 25.6. The number of rotatable bonds is 4. The van der Waals surface area contributed by atoms with Crippen molar-refractivity contribution >= 4 is 44.8 Å². The molecule has 1 saturated heterocycles. The van der Waals surface area contributed by atoms with E-state index in [-0.39, 0.29) is 41.9 Å². The molecule has 0 bridgehead atoms. The molecule has 1 fully saturated rings. The summed E-state index contributed by atoms with van der Waals surface area (Å²) in [5.41, 5.74) is 0.898. The van der Waals surface area contributed by atoms with Crippen molar-refractivity contribution in [2.24, 2.45) is 5.10 Å². The van der Waals surface area contributed by atoms with E-state index in [0.29, 0.717) is 12.1 Å². The molecule has 25 heavy (non-hydrogen) atoms. The summed E-state index contributed by atoms with van der Waals surface area (Å²) in [6.07, 6.45) is 2.75. The molecule has 0 saturated carbocycles. The molecule has 1 aromatic carbocycles. The van der Waals surface area contributed by atoms with Crippen LogP contribution in [0.25, 0.3) is 0 Å². The van der Waals surface area contributed by atoms with Gasteiger partial charge in [-0.05, 0) is 36.9 Å². The Morgan fingerprint density at radius 2 is 2.00 bits per heavy atom. The quantitative estimate of drug-likeness (QED) is 0.798. The second kappa shape index (κ2) is 7.17. The lowest BCUT2D eigenvalue weighted by molar-refractivity contribution is -0.133. The van der Waals surface area contributed by atoms with Crippen molar-refractivity contribution < 1.29 is 18.0 Å². The zero-order chi connectivity index (χ0) is 18.0. The highest BCUT2D eigenvalue weighted by Gasteiger charge is 2.37. The third-order valence-electron chi connectivity index (χ3n) is 4.22. The maximum atomic E-state index is 12.4. The van der Waals surface area contributed by atoms with Gasteiger partial charge in [-0.15, -0.1) is 11.8 Å². The van der Waals surface area contributed by atoms with Gasteiger partial charge in [-0.3, -0.25) is 9.59 Å². The van der Waals surface area contributed by atoms with Crippen LogP contribution < -0.4 is 5.32 Å². The standard InChI is InChI=1S/C16H19N3O4S2/c1-24-13-4-2-11(3-5-13)17-16(21)14-6-7-15(20)19(18-14)12-8-9-25(22,23)10-12/h2-5,12H,6-10H2,1H3,(H,17,21). The molecular weight excluding hydrogens is 362 g/mol. The number of carbonyl (C=O) groups is 2. The molecule has 0 aromatic heterocycles. The molecule has 1 atom stereocenters. The van der Waals surface area contributed by atoms with Gasteiger partial charge >= 0.3 is 0 Å². The summed E-state index contributed by atoms with van der Waals surface area (Å²) >= 11 is 1.61. The Hall–Kier alpha value is -1.87. The van der Waals surface area contributed by atoms with Crippen LogP contribution in [0.3, 0.4) is 0 Å². The van der Waals surface area contributed by atoms with Crippen molar-refractivity contribution in [2.45, 2.75) is 30.2 Å². The number of hydrazone groups is 1. The van der Waals surface area contributed by atoms with Gasteiger partial charge < -0.3 is 5.32 Å². The highest BCUT2D eigenvalue weighted by molar-refractivity contribution is 7.98. The summed E-state index contributed by atoms with van der Waals surface area (Å²) in [7, 11) is -3.13. The average molecular weight is 381 g/mol. The largest absolute Gasteiger partial charge is 0.321 e. The molecule has 2 aliphatic heterocycles. The Kier molecular flexibility index (Phi) is 5.14. The number of anilines is 1. The van der Waals surface area contributed by atoms with Gasteiger partial charge in [0.15, 0.2) is 9.84 Å². The van der Waals surface area contributed by atoms with E-state index in [1.54, 1.807) is 23.9 Å².